The van der Waals surface area contributed by atoms with Crippen LogP contribution in [0.3, 0.4) is 0 Å². The number of nitrogens with zero attached hydrogens (tertiary/aromatic N) is 1. The molecule has 0 atom stereocenters. The van der Waals surface area contributed by atoms with E-state index in [1.807, 2.05) is 23.1 Å². The van der Waals surface area contributed by atoms with Gasteiger partial charge in [0, 0.05) is 24.6 Å². The van der Waals surface area contributed by atoms with Gasteiger partial charge in [0.05, 0.1) is 26.4 Å². The van der Waals surface area contributed by atoms with Crippen LogP contribution in [0.25, 0.3) is 0 Å². The van der Waals surface area contributed by atoms with Crippen molar-refractivity contribution in [2.24, 2.45) is 5.92 Å². The van der Waals surface area contributed by atoms with Crippen molar-refractivity contribution in [2.75, 3.05) is 39.5 Å². The Bertz CT molecular complexity index is 607. The van der Waals surface area contributed by atoms with Crippen LogP contribution in [0, 0.1) is 5.92 Å². The molecule has 0 bridgehead atoms. The van der Waals surface area contributed by atoms with E-state index >= 15 is 0 Å². The first-order chi connectivity index (χ1) is 13.2. The molecule has 0 aromatic heterocycles. The summed E-state index contributed by atoms with van der Waals surface area (Å²) in [6.45, 7) is 8.17. The lowest BCUT2D eigenvalue weighted by Crippen LogP contribution is -2.41. The van der Waals surface area contributed by atoms with Crippen LogP contribution in [-0.4, -0.2) is 56.6 Å². The van der Waals surface area contributed by atoms with Gasteiger partial charge >= 0.3 is 0 Å². The van der Waals surface area contributed by atoms with Crippen molar-refractivity contribution in [2.45, 2.75) is 45.8 Å². The van der Waals surface area contributed by atoms with Gasteiger partial charge in [-0.2, -0.15) is 0 Å². The second kappa shape index (κ2) is 9.95. The van der Waals surface area contributed by atoms with Crippen molar-refractivity contribution in [3.05, 3.63) is 23.8 Å². The Morgan fingerprint density at radius 1 is 1.04 bits per heavy atom. The molecule has 1 amide bonds. The molecule has 27 heavy (non-hydrogen) atoms. The fraction of sp³-hybridized carbons (Fsp3) is 0.667. The summed E-state index contributed by atoms with van der Waals surface area (Å²) in [4.78, 5) is 14.9. The van der Waals surface area contributed by atoms with Crippen molar-refractivity contribution in [1.82, 2.24) is 4.90 Å². The maximum absolute atomic E-state index is 12.9. The van der Waals surface area contributed by atoms with Gasteiger partial charge in [-0.1, -0.05) is 13.8 Å². The van der Waals surface area contributed by atoms with Gasteiger partial charge in [-0.15, -0.1) is 0 Å². The zero-order chi connectivity index (χ0) is 19.1. The normalized spacial score (nSPS) is 18.7. The summed E-state index contributed by atoms with van der Waals surface area (Å²) >= 11 is 0. The standard InChI is InChI=1S/C21H31NO5/c1-3-11-24-18-6-5-17(15-19(18)25-12-4-2)20(23)22-9-7-16(8-10-22)21-26-13-14-27-21/h5-6,15-16,21H,3-4,7-14H2,1-2H3. The lowest BCUT2D eigenvalue weighted by atomic mass is 9.95. The number of carbonyl (C=O) groups excluding carboxylic acids is 1. The Morgan fingerprint density at radius 2 is 1.67 bits per heavy atom. The lowest BCUT2D eigenvalue weighted by Gasteiger charge is -2.34. The van der Waals surface area contributed by atoms with Gasteiger partial charge in [0.2, 0.25) is 0 Å². The summed E-state index contributed by atoms with van der Waals surface area (Å²) in [6.07, 6.45) is 3.56. The topological polar surface area (TPSA) is 57.2 Å². The molecule has 2 fully saturated rings. The molecule has 0 aliphatic carbocycles. The van der Waals surface area contributed by atoms with Crippen molar-refractivity contribution in [3.8, 4) is 11.5 Å². The number of likely N-dealkylation sites (tertiary alicyclic amines) is 1. The third-order valence-electron chi connectivity index (χ3n) is 4.97. The Morgan fingerprint density at radius 3 is 2.30 bits per heavy atom. The Balaban J connectivity index is 1.63. The van der Waals surface area contributed by atoms with Crippen molar-refractivity contribution in [3.63, 3.8) is 0 Å². The van der Waals surface area contributed by atoms with E-state index in [9.17, 15) is 4.79 Å². The number of hydrogen-bond acceptors (Lipinski definition) is 5. The van der Waals surface area contributed by atoms with E-state index in [1.54, 1.807) is 0 Å². The molecule has 0 radical (unpaired) electrons. The minimum atomic E-state index is -0.0914. The SMILES string of the molecule is CCCOc1ccc(C(=O)N2CCC(C3OCCO3)CC2)cc1OCCC. The van der Waals surface area contributed by atoms with E-state index in [0.29, 0.717) is 49.4 Å². The van der Waals surface area contributed by atoms with Gasteiger partial charge < -0.3 is 23.8 Å². The monoisotopic (exact) mass is 377 g/mol. The van der Waals surface area contributed by atoms with Crippen molar-refractivity contribution < 1.29 is 23.7 Å². The third kappa shape index (κ3) is 5.14. The quantitative estimate of drug-likeness (QED) is 0.694. The highest BCUT2D eigenvalue weighted by Gasteiger charge is 2.32. The first-order valence-electron chi connectivity index (χ1n) is 10.1. The smallest absolute Gasteiger partial charge is 0.253 e. The van der Waals surface area contributed by atoms with Crippen LogP contribution in [0.4, 0.5) is 0 Å². The summed E-state index contributed by atoms with van der Waals surface area (Å²) in [7, 11) is 0. The van der Waals surface area contributed by atoms with E-state index in [0.717, 1.165) is 38.8 Å². The second-order valence-electron chi connectivity index (χ2n) is 7.10. The Labute approximate surface area is 161 Å². The van der Waals surface area contributed by atoms with E-state index in [4.69, 9.17) is 18.9 Å². The molecule has 2 heterocycles. The molecule has 1 aromatic rings. The lowest BCUT2D eigenvalue weighted by molar-refractivity contribution is -0.0956. The molecule has 6 nitrogen and oxygen atoms in total. The predicted molar refractivity (Wildman–Crippen MR) is 102 cm³/mol. The van der Waals surface area contributed by atoms with E-state index in [2.05, 4.69) is 13.8 Å². The van der Waals surface area contributed by atoms with Crippen molar-refractivity contribution >= 4 is 5.91 Å². The highest BCUT2D eigenvalue weighted by atomic mass is 16.7. The van der Waals surface area contributed by atoms with E-state index in [1.165, 1.54) is 0 Å². The fourth-order valence-electron chi connectivity index (χ4n) is 3.50. The molecule has 150 valence electrons. The number of rotatable bonds is 8. The zero-order valence-electron chi connectivity index (χ0n) is 16.4. The van der Waals surface area contributed by atoms with Crippen LogP contribution < -0.4 is 9.47 Å². The first kappa shape index (κ1) is 20.0. The minimum absolute atomic E-state index is 0.0464. The highest BCUT2D eigenvalue weighted by Crippen LogP contribution is 2.31. The van der Waals surface area contributed by atoms with Crippen LogP contribution in [0.2, 0.25) is 0 Å². The van der Waals surface area contributed by atoms with Gasteiger partial charge in [0.25, 0.3) is 5.91 Å². The number of piperidine rings is 1. The highest BCUT2D eigenvalue weighted by molar-refractivity contribution is 5.95. The Kier molecular flexibility index (Phi) is 7.35. The average molecular weight is 377 g/mol. The fourth-order valence-corrected chi connectivity index (χ4v) is 3.50. The van der Waals surface area contributed by atoms with E-state index in [-0.39, 0.29) is 12.2 Å². The molecule has 0 saturated carbocycles. The minimum Gasteiger partial charge on any atom is -0.490 e. The molecule has 2 aliphatic heterocycles. The summed E-state index contributed by atoms with van der Waals surface area (Å²) in [5.74, 6) is 1.78. The van der Waals surface area contributed by atoms with Crippen LogP contribution >= 0.6 is 0 Å². The van der Waals surface area contributed by atoms with Gasteiger partial charge in [-0.25, -0.2) is 0 Å². The largest absolute Gasteiger partial charge is 0.490 e. The summed E-state index contributed by atoms with van der Waals surface area (Å²) in [6, 6.07) is 5.50. The maximum atomic E-state index is 12.9. The summed E-state index contributed by atoms with van der Waals surface area (Å²) < 4.78 is 22.8. The van der Waals surface area contributed by atoms with Crippen molar-refractivity contribution in [1.29, 1.82) is 0 Å². The van der Waals surface area contributed by atoms with Gasteiger partial charge in [0.15, 0.2) is 17.8 Å². The summed E-state index contributed by atoms with van der Waals surface area (Å²) in [5, 5.41) is 0. The predicted octanol–water partition coefficient (Wildman–Crippen LogP) is 3.49. The van der Waals surface area contributed by atoms with Gasteiger partial charge in [-0.3, -0.25) is 4.79 Å². The van der Waals surface area contributed by atoms with Crippen LogP contribution in [0.15, 0.2) is 18.2 Å². The van der Waals surface area contributed by atoms with Gasteiger partial charge in [-0.05, 0) is 43.9 Å². The molecule has 6 heteroatoms. The first-order valence-corrected chi connectivity index (χ1v) is 10.1. The number of amides is 1. The van der Waals surface area contributed by atoms with E-state index < -0.39 is 0 Å². The van der Waals surface area contributed by atoms with Crippen LogP contribution in [0.1, 0.15) is 49.9 Å². The molecule has 1 aromatic carbocycles. The Hall–Kier alpha value is -1.79. The zero-order valence-corrected chi connectivity index (χ0v) is 16.4. The second-order valence-corrected chi connectivity index (χ2v) is 7.10. The number of hydrogen-bond donors (Lipinski definition) is 0. The molecular weight excluding hydrogens is 346 g/mol. The molecule has 2 aliphatic rings. The molecular formula is C21H31NO5. The molecule has 0 spiro atoms. The maximum Gasteiger partial charge on any atom is 0.253 e. The molecule has 0 unspecified atom stereocenters. The average Bonchev–Trinajstić information content (AvgIpc) is 3.25. The summed E-state index contributed by atoms with van der Waals surface area (Å²) in [5.41, 5.74) is 0.650. The van der Waals surface area contributed by atoms with Crippen LogP contribution in [-0.2, 0) is 9.47 Å². The third-order valence-corrected chi connectivity index (χ3v) is 4.97. The number of carbonyl (C=O) groups is 1. The molecule has 0 N–H and O–H groups in total. The molecule has 2 saturated heterocycles. The molecule has 3 rings (SSSR count). The van der Waals surface area contributed by atoms with Gasteiger partial charge in [0.1, 0.15) is 0 Å². The number of ether oxygens (including phenoxy) is 4. The van der Waals surface area contributed by atoms with Crippen LogP contribution in [0.5, 0.6) is 11.5 Å². The number of benzene rings is 1.